The van der Waals surface area contributed by atoms with Gasteiger partial charge in [0.2, 0.25) is 0 Å². The van der Waals surface area contributed by atoms with Crippen molar-refractivity contribution in [2.24, 2.45) is 0 Å². The third kappa shape index (κ3) is 5.06. The summed E-state index contributed by atoms with van der Waals surface area (Å²) in [6, 6.07) is 21.0. The van der Waals surface area contributed by atoms with Crippen LogP contribution in [0.15, 0.2) is 72.9 Å². The van der Waals surface area contributed by atoms with Crippen molar-refractivity contribution in [3.8, 4) is 0 Å². The Bertz CT molecular complexity index is 818. The molecule has 3 rings (SSSR count). The van der Waals surface area contributed by atoms with Crippen molar-refractivity contribution in [3.05, 3.63) is 94.8 Å². The Kier molecular flexibility index (Phi) is 5.65. The van der Waals surface area contributed by atoms with Gasteiger partial charge in [0.1, 0.15) is 5.69 Å². The van der Waals surface area contributed by atoms with Gasteiger partial charge in [0, 0.05) is 18.1 Å². The van der Waals surface area contributed by atoms with Gasteiger partial charge in [0.25, 0.3) is 5.91 Å². The second-order valence-corrected chi connectivity index (χ2v) is 6.02. The van der Waals surface area contributed by atoms with Crippen LogP contribution < -0.4 is 10.6 Å². The van der Waals surface area contributed by atoms with E-state index in [1.165, 1.54) is 5.56 Å². The van der Waals surface area contributed by atoms with Gasteiger partial charge in [-0.1, -0.05) is 54.1 Å². The molecule has 1 aromatic heterocycles. The maximum atomic E-state index is 12.2. The van der Waals surface area contributed by atoms with Gasteiger partial charge in [-0.15, -0.1) is 0 Å². The molecule has 5 heteroatoms. The van der Waals surface area contributed by atoms with Crippen LogP contribution in [0.1, 0.15) is 21.6 Å². The Balaban J connectivity index is 1.52. The first kappa shape index (κ1) is 17.0. The Morgan fingerprint density at radius 2 is 1.60 bits per heavy atom. The van der Waals surface area contributed by atoms with Crippen LogP contribution in [0.5, 0.6) is 0 Å². The minimum absolute atomic E-state index is 0.204. The zero-order valence-corrected chi connectivity index (χ0v) is 14.3. The van der Waals surface area contributed by atoms with Crippen LogP contribution in [0.2, 0.25) is 5.02 Å². The lowest BCUT2D eigenvalue weighted by atomic mass is 10.2. The van der Waals surface area contributed by atoms with Gasteiger partial charge >= 0.3 is 0 Å². The number of pyridine rings is 1. The number of benzene rings is 2. The summed E-state index contributed by atoms with van der Waals surface area (Å²) in [5.74, 6) is -0.204. The average molecular weight is 352 g/mol. The van der Waals surface area contributed by atoms with Crippen molar-refractivity contribution >= 4 is 23.2 Å². The van der Waals surface area contributed by atoms with E-state index in [9.17, 15) is 4.79 Å². The normalized spacial score (nSPS) is 10.3. The van der Waals surface area contributed by atoms with Gasteiger partial charge < -0.3 is 10.6 Å². The van der Waals surface area contributed by atoms with Crippen LogP contribution >= 0.6 is 11.6 Å². The number of hydrogen-bond acceptors (Lipinski definition) is 3. The Morgan fingerprint density at radius 1 is 0.880 bits per heavy atom. The van der Waals surface area contributed by atoms with E-state index in [0.717, 1.165) is 11.3 Å². The summed E-state index contributed by atoms with van der Waals surface area (Å²) in [4.78, 5) is 16.4. The number of aromatic nitrogens is 1. The smallest absolute Gasteiger partial charge is 0.270 e. The first-order chi connectivity index (χ1) is 12.2. The fraction of sp³-hybridized carbons (Fsp3) is 0.100. The summed E-state index contributed by atoms with van der Waals surface area (Å²) in [7, 11) is 0. The fourth-order valence-corrected chi connectivity index (χ4v) is 2.43. The lowest BCUT2D eigenvalue weighted by Gasteiger charge is -2.08. The highest BCUT2D eigenvalue weighted by Gasteiger charge is 2.07. The molecule has 0 aliphatic rings. The number of amides is 1. The lowest BCUT2D eigenvalue weighted by Crippen LogP contribution is -2.23. The van der Waals surface area contributed by atoms with E-state index in [-0.39, 0.29) is 5.91 Å². The number of halogens is 1. The van der Waals surface area contributed by atoms with Crippen molar-refractivity contribution < 1.29 is 4.79 Å². The van der Waals surface area contributed by atoms with Crippen LogP contribution in [0.25, 0.3) is 0 Å². The molecule has 0 atom stereocenters. The number of hydrogen-bond donors (Lipinski definition) is 2. The topological polar surface area (TPSA) is 54.0 Å². The summed E-state index contributed by atoms with van der Waals surface area (Å²) < 4.78 is 0. The lowest BCUT2D eigenvalue weighted by molar-refractivity contribution is 0.0946. The first-order valence-electron chi connectivity index (χ1n) is 7.97. The number of anilines is 1. The second kappa shape index (κ2) is 8.31. The molecule has 0 unspecified atom stereocenters. The van der Waals surface area contributed by atoms with E-state index in [1.807, 2.05) is 36.4 Å². The standard InChI is InChI=1S/C20H18ClN3O/c21-17-8-6-16(7-9-17)13-24-20(25)19-11-10-18(14-23-19)22-12-15-4-2-1-3-5-15/h1-11,14,22H,12-13H2,(H,24,25). The molecular formula is C20H18ClN3O. The zero-order valence-electron chi connectivity index (χ0n) is 13.6. The maximum absolute atomic E-state index is 12.2. The summed E-state index contributed by atoms with van der Waals surface area (Å²) in [5.41, 5.74) is 3.43. The molecule has 0 spiro atoms. The molecule has 4 nitrogen and oxygen atoms in total. The molecule has 0 saturated carbocycles. The molecular weight excluding hydrogens is 334 g/mol. The Hall–Kier alpha value is -2.85. The van der Waals surface area contributed by atoms with Gasteiger partial charge in [0.05, 0.1) is 11.9 Å². The van der Waals surface area contributed by atoms with Gasteiger partial charge in [-0.05, 0) is 35.4 Å². The average Bonchev–Trinajstić information content (AvgIpc) is 2.67. The molecule has 1 heterocycles. The molecule has 1 amide bonds. The second-order valence-electron chi connectivity index (χ2n) is 5.58. The van der Waals surface area contributed by atoms with E-state index in [4.69, 9.17) is 11.6 Å². The van der Waals surface area contributed by atoms with E-state index in [1.54, 1.807) is 24.4 Å². The number of nitrogens with one attached hydrogen (secondary N) is 2. The van der Waals surface area contributed by atoms with Gasteiger partial charge in [-0.2, -0.15) is 0 Å². The van der Waals surface area contributed by atoms with Crippen molar-refractivity contribution in [1.82, 2.24) is 10.3 Å². The van der Waals surface area contributed by atoms with Gasteiger partial charge in [0.15, 0.2) is 0 Å². The molecule has 126 valence electrons. The first-order valence-corrected chi connectivity index (χ1v) is 8.35. The fourth-order valence-electron chi connectivity index (χ4n) is 2.31. The molecule has 0 saturated heterocycles. The molecule has 2 N–H and O–H groups in total. The van der Waals surface area contributed by atoms with Crippen LogP contribution in [-0.2, 0) is 13.1 Å². The summed E-state index contributed by atoms with van der Waals surface area (Å²) in [5, 5.41) is 6.81. The van der Waals surface area contributed by atoms with E-state index in [2.05, 4.69) is 27.8 Å². The SMILES string of the molecule is O=C(NCc1ccc(Cl)cc1)c1ccc(NCc2ccccc2)cn1. The Labute approximate surface area is 151 Å². The van der Waals surface area contributed by atoms with Crippen LogP contribution in [-0.4, -0.2) is 10.9 Å². The van der Waals surface area contributed by atoms with Crippen molar-refractivity contribution in [1.29, 1.82) is 0 Å². The van der Waals surface area contributed by atoms with Crippen LogP contribution in [0.3, 0.4) is 0 Å². The highest BCUT2D eigenvalue weighted by atomic mass is 35.5. The highest BCUT2D eigenvalue weighted by Crippen LogP contribution is 2.11. The Morgan fingerprint density at radius 3 is 2.28 bits per heavy atom. The largest absolute Gasteiger partial charge is 0.380 e. The predicted molar refractivity (Wildman–Crippen MR) is 101 cm³/mol. The molecule has 2 aromatic carbocycles. The van der Waals surface area contributed by atoms with Gasteiger partial charge in [-0.3, -0.25) is 4.79 Å². The van der Waals surface area contributed by atoms with Crippen molar-refractivity contribution in [2.75, 3.05) is 5.32 Å². The van der Waals surface area contributed by atoms with Crippen LogP contribution in [0.4, 0.5) is 5.69 Å². The third-order valence-electron chi connectivity index (χ3n) is 3.70. The zero-order chi connectivity index (χ0) is 17.5. The summed E-state index contributed by atoms with van der Waals surface area (Å²) >= 11 is 5.85. The van der Waals surface area contributed by atoms with Gasteiger partial charge in [-0.25, -0.2) is 4.98 Å². The van der Waals surface area contributed by atoms with Crippen LogP contribution in [0, 0.1) is 0 Å². The van der Waals surface area contributed by atoms with E-state index < -0.39 is 0 Å². The summed E-state index contributed by atoms with van der Waals surface area (Å²) in [6.07, 6.45) is 1.67. The molecule has 0 aliphatic heterocycles. The molecule has 3 aromatic rings. The molecule has 0 aliphatic carbocycles. The number of carbonyl (C=O) groups excluding carboxylic acids is 1. The third-order valence-corrected chi connectivity index (χ3v) is 3.95. The molecule has 0 radical (unpaired) electrons. The van der Waals surface area contributed by atoms with E-state index in [0.29, 0.717) is 23.8 Å². The van der Waals surface area contributed by atoms with Crippen molar-refractivity contribution in [2.45, 2.75) is 13.1 Å². The maximum Gasteiger partial charge on any atom is 0.270 e. The minimum atomic E-state index is -0.204. The quantitative estimate of drug-likeness (QED) is 0.697. The molecule has 0 bridgehead atoms. The highest BCUT2D eigenvalue weighted by molar-refractivity contribution is 6.30. The minimum Gasteiger partial charge on any atom is -0.380 e. The number of rotatable bonds is 6. The molecule has 25 heavy (non-hydrogen) atoms. The monoisotopic (exact) mass is 351 g/mol. The summed E-state index contributed by atoms with van der Waals surface area (Å²) in [6.45, 7) is 1.15. The molecule has 0 fully saturated rings. The number of nitrogens with zero attached hydrogens (tertiary/aromatic N) is 1. The van der Waals surface area contributed by atoms with Crippen molar-refractivity contribution in [3.63, 3.8) is 0 Å². The van der Waals surface area contributed by atoms with E-state index >= 15 is 0 Å². The predicted octanol–water partition coefficient (Wildman–Crippen LogP) is 4.28. The number of carbonyl (C=O) groups is 1.